The average Bonchev–Trinajstić information content (AvgIpc) is 2.58. The zero-order valence-corrected chi connectivity index (χ0v) is 14.5. The molecule has 2 aromatic rings. The molecule has 0 aliphatic carbocycles. The van der Waals surface area contributed by atoms with Crippen molar-refractivity contribution in [3.8, 4) is 0 Å². The Hall–Kier alpha value is -2.47. The van der Waals surface area contributed by atoms with Crippen molar-refractivity contribution < 1.29 is 4.79 Å². The summed E-state index contributed by atoms with van der Waals surface area (Å²) in [7, 11) is 4.03. The number of hydrogen-bond donors (Lipinski definition) is 2. The molecule has 0 spiro atoms. The summed E-state index contributed by atoms with van der Waals surface area (Å²) in [5, 5.41) is 6.12. The fourth-order valence-electron chi connectivity index (χ4n) is 2.26. The fraction of sp³-hybridized carbons (Fsp3) is 0.389. The lowest BCUT2D eigenvalue weighted by Gasteiger charge is -2.10. The van der Waals surface area contributed by atoms with Crippen LogP contribution in [0, 0.1) is 6.92 Å². The molecule has 128 valence electrons. The first-order valence-corrected chi connectivity index (χ1v) is 8.09. The molecule has 0 aliphatic rings. The SMILES string of the molecule is Cc1ccccc1CNc1cc(C(=O)NCCCN(C)C)ncn1. The minimum absolute atomic E-state index is 0.171. The van der Waals surface area contributed by atoms with E-state index in [4.69, 9.17) is 0 Å². The summed E-state index contributed by atoms with van der Waals surface area (Å²) in [6.45, 7) is 4.30. The first kappa shape index (κ1) is 17.9. The Morgan fingerprint density at radius 2 is 2.00 bits per heavy atom. The number of amides is 1. The van der Waals surface area contributed by atoms with Gasteiger partial charge in [-0.15, -0.1) is 0 Å². The first-order valence-electron chi connectivity index (χ1n) is 8.09. The molecule has 1 heterocycles. The molecule has 0 unspecified atom stereocenters. The Kier molecular flexibility index (Phi) is 6.69. The van der Waals surface area contributed by atoms with Crippen molar-refractivity contribution >= 4 is 11.7 Å². The van der Waals surface area contributed by atoms with Crippen LogP contribution in [0.25, 0.3) is 0 Å². The predicted octanol–water partition coefficient (Wildman–Crippen LogP) is 2.08. The molecule has 0 saturated heterocycles. The Bertz CT molecular complexity index is 672. The van der Waals surface area contributed by atoms with Gasteiger partial charge in [-0.2, -0.15) is 0 Å². The first-order chi connectivity index (χ1) is 11.6. The highest BCUT2D eigenvalue weighted by atomic mass is 16.1. The van der Waals surface area contributed by atoms with Gasteiger partial charge in [-0.05, 0) is 45.1 Å². The van der Waals surface area contributed by atoms with Crippen LogP contribution in [0.3, 0.4) is 0 Å². The maximum absolute atomic E-state index is 12.1. The van der Waals surface area contributed by atoms with E-state index in [1.807, 2.05) is 26.2 Å². The molecule has 6 nitrogen and oxygen atoms in total. The molecule has 0 bridgehead atoms. The number of aromatic nitrogens is 2. The van der Waals surface area contributed by atoms with E-state index in [0.29, 0.717) is 24.6 Å². The van der Waals surface area contributed by atoms with Crippen LogP contribution in [-0.4, -0.2) is 48.0 Å². The summed E-state index contributed by atoms with van der Waals surface area (Å²) in [6.07, 6.45) is 2.32. The molecule has 2 N–H and O–H groups in total. The molecule has 0 atom stereocenters. The zero-order valence-electron chi connectivity index (χ0n) is 14.5. The monoisotopic (exact) mass is 327 g/mol. The number of anilines is 1. The molecular formula is C18H25N5O. The molecule has 0 saturated carbocycles. The normalized spacial score (nSPS) is 10.7. The second-order valence-electron chi connectivity index (χ2n) is 5.98. The Labute approximate surface area is 143 Å². The molecule has 1 amide bonds. The number of nitrogens with one attached hydrogen (secondary N) is 2. The minimum Gasteiger partial charge on any atom is -0.366 e. The lowest BCUT2D eigenvalue weighted by molar-refractivity contribution is 0.0947. The van der Waals surface area contributed by atoms with E-state index in [0.717, 1.165) is 13.0 Å². The molecular weight excluding hydrogens is 302 g/mol. The topological polar surface area (TPSA) is 70.2 Å². The van der Waals surface area contributed by atoms with E-state index < -0.39 is 0 Å². The summed E-state index contributed by atoms with van der Waals surface area (Å²) >= 11 is 0. The van der Waals surface area contributed by atoms with Crippen molar-refractivity contribution in [2.75, 3.05) is 32.5 Å². The highest BCUT2D eigenvalue weighted by Gasteiger charge is 2.08. The molecule has 6 heteroatoms. The van der Waals surface area contributed by atoms with E-state index in [2.05, 4.69) is 44.6 Å². The lowest BCUT2D eigenvalue weighted by atomic mass is 10.1. The molecule has 24 heavy (non-hydrogen) atoms. The number of rotatable bonds is 8. The highest BCUT2D eigenvalue weighted by Crippen LogP contribution is 2.10. The van der Waals surface area contributed by atoms with Gasteiger partial charge in [0.2, 0.25) is 0 Å². The fourth-order valence-corrected chi connectivity index (χ4v) is 2.26. The third kappa shape index (κ3) is 5.62. The standard InChI is InChI=1S/C18H25N5O/c1-14-7-4-5-8-15(14)12-20-17-11-16(21-13-22-17)18(24)19-9-6-10-23(2)3/h4-5,7-8,11,13H,6,9-10,12H2,1-3H3,(H,19,24)(H,20,21,22). The van der Waals surface area contributed by atoms with Crippen molar-refractivity contribution in [3.63, 3.8) is 0 Å². The van der Waals surface area contributed by atoms with E-state index >= 15 is 0 Å². The van der Waals surface area contributed by atoms with E-state index in [9.17, 15) is 4.79 Å². The maximum Gasteiger partial charge on any atom is 0.270 e. The highest BCUT2D eigenvalue weighted by molar-refractivity contribution is 5.92. The molecule has 0 aliphatic heterocycles. The van der Waals surface area contributed by atoms with Crippen LogP contribution in [0.15, 0.2) is 36.7 Å². The van der Waals surface area contributed by atoms with Crippen molar-refractivity contribution in [1.29, 1.82) is 0 Å². The van der Waals surface area contributed by atoms with Gasteiger partial charge in [0.1, 0.15) is 17.8 Å². The van der Waals surface area contributed by atoms with E-state index in [1.165, 1.54) is 17.5 Å². The predicted molar refractivity (Wildman–Crippen MR) is 96.0 cm³/mol. The van der Waals surface area contributed by atoms with Gasteiger partial charge in [0.25, 0.3) is 5.91 Å². The van der Waals surface area contributed by atoms with Crippen LogP contribution in [0.5, 0.6) is 0 Å². The molecule has 0 fully saturated rings. The van der Waals surface area contributed by atoms with Gasteiger partial charge in [0.05, 0.1) is 0 Å². The number of nitrogens with zero attached hydrogens (tertiary/aromatic N) is 3. The van der Waals surface area contributed by atoms with Crippen molar-refractivity contribution in [2.45, 2.75) is 19.9 Å². The number of carbonyl (C=O) groups is 1. The molecule has 1 aromatic heterocycles. The van der Waals surface area contributed by atoms with Crippen LogP contribution in [0.4, 0.5) is 5.82 Å². The smallest absolute Gasteiger partial charge is 0.270 e. The summed E-state index contributed by atoms with van der Waals surface area (Å²) in [4.78, 5) is 22.4. The number of hydrogen-bond acceptors (Lipinski definition) is 5. The number of benzene rings is 1. The Morgan fingerprint density at radius 1 is 1.21 bits per heavy atom. The van der Waals surface area contributed by atoms with Crippen molar-refractivity contribution in [3.05, 3.63) is 53.5 Å². The van der Waals surface area contributed by atoms with Gasteiger partial charge in [-0.25, -0.2) is 9.97 Å². The van der Waals surface area contributed by atoms with Gasteiger partial charge in [-0.3, -0.25) is 4.79 Å². The van der Waals surface area contributed by atoms with Crippen LogP contribution in [0.1, 0.15) is 28.0 Å². The van der Waals surface area contributed by atoms with Gasteiger partial charge in [0.15, 0.2) is 0 Å². The van der Waals surface area contributed by atoms with Crippen LogP contribution < -0.4 is 10.6 Å². The van der Waals surface area contributed by atoms with Crippen LogP contribution >= 0.6 is 0 Å². The number of aryl methyl sites for hydroxylation is 1. The summed E-state index contributed by atoms with van der Waals surface area (Å²) in [5.41, 5.74) is 2.80. The quantitative estimate of drug-likeness (QED) is 0.727. The lowest BCUT2D eigenvalue weighted by Crippen LogP contribution is -2.27. The largest absolute Gasteiger partial charge is 0.366 e. The zero-order chi connectivity index (χ0) is 17.4. The van der Waals surface area contributed by atoms with E-state index in [1.54, 1.807) is 6.07 Å². The summed E-state index contributed by atoms with van der Waals surface area (Å²) in [5.74, 6) is 0.474. The molecule has 0 radical (unpaired) electrons. The summed E-state index contributed by atoms with van der Waals surface area (Å²) < 4.78 is 0. The third-order valence-electron chi connectivity index (χ3n) is 3.69. The second-order valence-corrected chi connectivity index (χ2v) is 5.98. The van der Waals surface area contributed by atoms with Gasteiger partial charge < -0.3 is 15.5 Å². The average molecular weight is 327 g/mol. The Morgan fingerprint density at radius 3 is 2.75 bits per heavy atom. The van der Waals surface area contributed by atoms with Crippen LogP contribution in [0.2, 0.25) is 0 Å². The Balaban J connectivity index is 1.89. The summed E-state index contributed by atoms with van der Waals surface area (Å²) in [6, 6.07) is 9.85. The molecule has 1 aromatic carbocycles. The van der Waals surface area contributed by atoms with E-state index in [-0.39, 0.29) is 5.91 Å². The molecule has 2 rings (SSSR count). The van der Waals surface area contributed by atoms with Gasteiger partial charge >= 0.3 is 0 Å². The van der Waals surface area contributed by atoms with Crippen molar-refractivity contribution in [1.82, 2.24) is 20.2 Å². The van der Waals surface area contributed by atoms with Gasteiger partial charge in [0, 0.05) is 19.2 Å². The maximum atomic E-state index is 12.1. The minimum atomic E-state index is -0.171. The van der Waals surface area contributed by atoms with Gasteiger partial charge in [-0.1, -0.05) is 24.3 Å². The third-order valence-corrected chi connectivity index (χ3v) is 3.69. The second kappa shape index (κ2) is 8.98. The number of carbonyl (C=O) groups excluding carboxylic acids is 1. The van der Waals surface area contributed by atoms with Crippen LogP contribution in [-0.2, 0) is 6.54 Å². The van der Waals surface area contributed by atoms with Crippen molar-refractivity contribution in [2.24, 2.45) is 0 Å².